The van der Waals surface area contributed by atoms with Crippen LogP contribution in [0.4, 0.5) is 18.9 Å². The van der Waals surface area contributed by atoms with E-state index >= 15 is 0 Å². The Labute approximate surface area is 310 Å². The summed E-state index contributed by atoms with van der Waals surface area (Å²) in [6.07, 6.45) is -4.40. The van der Waals surface area contributed by atoms with Crippen molar-refractivity contribution in [2.75, 3.05) is 25.1 Å². The normalized spacial score (nSPS) is 11.3. The predicted molar refractivity (Wildman–Crippen MR) is 193 cm³/mol. The summed E-state index contributed by atoms with van der Waals surface area (Å²) in [5.74, 6) is -4.07. The Bertz CT molecular complexity index is 1960. The molecule has 1 amide bonds. The molecule has 0 radical (unpaired) electrons. The third kappa shape index (κ3) is 9.91. The number of halogens is 3. The summed E-state index contributed by atoms with van der Waals surface area (Å²) in [6, 6.07) is 21.6. The van der Waals surface area contributed by atoms with Gasteiger partial charge in [0.05, 0.1) is 30.9 Å². The summed E-state index contributed by atoms with van der Waals surface area (Å²) in [6.45, 7) is 5.87. The van der Waals surface area contributed by atoms with E-state index < -0.39 is 53.5 Å². The molecular weight excluding hydrogens is 707 g/mol. The predicted octanol–water partition coefficient (Wildman–Crippen LogP) is 7.79. The van der Waals surface area contributed by atoms with Crippen molar-refractivity contribution in [3.05, 3.63) is 119 Å². The average Bonchev–Trinajstić information content (AvgIpc) is 3.13. The van der Waals surface area contributed by atoms with Crippen LogP contribution in [0.3, 0.4) is 0 Å². The summed E-state index contributed by atoms with van der Waals surface area (Å²) < 4.78 is 61.2. The van der Waals surface area contributed by atoms with E-state index in [0.29, 0.717) is 23.1 Å². The van der Waals surface area contributed by atoms with Gasteiger partial charge in [0.1, 0.15) is 6.61 Å². The van der Waals surface area contributed by atoms with Crippen molar-refractivity contribution in [3.63, 3.8) is 0 Å². The van der Waals surface area contributed by atoms with Gasteiger partial charge >= 0.3 is 30.1 Å². The van der Waals surface area contributed by atoms with Crippen LogP contribution in [0.15, 0.2) is 91.0 Å². The zero-order valence-electron chi connectivity index (χ0n) is 30.2. The van der Waals surface area contributed by atoms with Gasteiger partial charge < -0.3 is 24.3 Å². The lowest BCUT2D eigenvalue weighted by Gasteiger charge is -2.29. The van der Waals surface area contributed by atoms with E-state index in [1.165, 1.54) is 48.5 Å². The molecule has 4 aromatic rings. The molecule has 0 fully saturated rings. The van der Waals surface area contributed by atoms with Gasteiger partial charge in [0.25, 0.3) is 5.91 Å². The maximum Gasteiger partial charge on any atom is 0.416 e. The Hall–Kier alpha value is -5.98. The summed E-state index contributed by atoms with van der Waals surface area (Å²) in [5, 5.41) is 2.72. The fourth-order valence-electron chi connectivity index (χ4n) is 5.52. The Morgan fingerprint density at radius 2 is 1.35 bits per heavy atom. The monoisotopic (exact) mass is 747 g/mol. The Balaban J connectivity index is 1.61. The van der Waals surface area contributed by atoms with Crippen molar-refractivity contribution < 1.29 is 56.1 Å². The molecule has 0 atom stereocenters. The van der Waals surface area contributed by atoms with Gasteiger partial charge in [0, 0.05) is 12.0 Å². The van der Waals surface area contributed by atoms with Gasteiger partial charge in [-0.2, -0.15) is 13.2 Å². The largest absolute Gasteiger partial charge is 0.465 e. The molecule has 1 N–H and O–H groups in total. The molecule has 0 aromatic heterocycles. The number of ether oxygens (including phenoxy) is 4. The third-order valence-electron chi connectivity index (χ3n) is 8.23. The quantitative estimate of drug-likeness (QED) is 0.0560. The number of amides is 1. The molecule has 0 aliphatic rings. The van der Waals surface area contributed by atoms with Crippen LogP contribution in [0.1, 0.15) is 66.2 Å². The lowest BCUT2D eigenvalue weighted by atomic mass is 9.81. The molecule has 0 bridgehead atoms. The van der Waals surface area contributed by atoms with Crippen LogP contribution in [-0.2, 0) is 51.4 Å². The molecule has 13 heteroatoms. The van der Waals surface area contributed by atoms with Crippen LogP contribution < -0.4 is 10.1 Å². The van der Waals surface area contributed by atoms with Gasteiger partial charge in [0.15, 0.2) is 5.75 Å². The summed E-state index contributed by atoms with van der Waals surface area (Å²) >= 11 is 0. The van der Waals surface area contributed by atoms with Crippen LogP contribution in [0.2, 0.25) is 0 Å². The third-order valence-corrected chi connectivity index (χ3v) is 8.23. The first-order chi connectivity index (χ1) is 25.7. The van der Waals surface area contributed by atoms with E-state index in [-0.39, 0.29) is 48.6 Å². The highest BCUT2D eigenvalue weighted by Crippen LogP contribution is 2.34. The van der Waals surface area contributed by atoms with Crippen molar-refractivity contribution in [1.82, 2.24) is 0 Å². The van der Waals surface area contributed by atoms with Gasteiger partial charge in [0.2, 0.25) is 5.41 Å². The number of carbonyl (C=O) groups is 5. The second-order valence-electron chi connectivity index (χ2n) is 12.2. The highest BCUT2D eigenvalue weighted by atomic mass is 19.4. The number of benzene rings is 4. The lowest BCUT2D eigenvalue weighted by molar-refractivity contribution is -0.170. The maximum atomic E-state index is 13.7. The topological polar surface area (TPSA) is 134 Å². The number of anilines is 1. The Kier molecular flexibility index (Phi) is 13.7. The molecule has 0 saturated carbocycles. The molecular formula is C41H40F3NO9. The van der Waals surface area contributed by atoms with Crippen LogP contribution in [0.5, 0.6) is 5.75 Å². The second kappa shape index (κ2) is 18.2. The van der Waals surface area contributed by atoms with Crippen molar-refractivity contribution in [3.8, 4) is 16.9 Å². The first-order valence-electron chi connectivity index (χ1n) is 17.2. The highest BCUT2D eigenvalue weighted by Gasteiger charge is 2.52. The molecule has 0 aliphatic carbocycles. The molecule has 10 nitrogen and oxygen atoms in total. The number of nitrogens with one attached hydrogen (secondary N) is 1. The fourth-order valence-corrected chi connectivity index (χ4v) is 5.52. The minimum Gasteiger partial charge on any atom is -0.465 e. The van der Waals surface area contributed by atoms with E-state index in [0.717, 1.165) is 17.7 Å². The molecule has 0 spiro atoms. The van der Waals surface area contributed by atoms with E-state index in [2.05, 4.69) is 5.32 Å². The molecule has 0 aliphatic heterocycles. The van der Waals surface area contributed by atoms with E-state index in [9.17, 15) is 37.1 Å². The number of carbonyl (C=O) groups excluding carboxylic acids is 5. The smallest absolute Gasteiger partial charge is 0.416 e. The van der Waals surface area contributed by atoms with Crippen molar-refractivity contribution >= 4 is 35.5 Å². The molecule has 4 rings (SSSR count). The Morgan fingerprint density at radius 3 is 1.94 bits per heavy atom. The summed E-state index contributed by atoms with van der Waals surface area (Å²) in [5.41, 5.74) is -0.696. The SMILES string of the molecule is CCCC(=O)Oc1cc(CC(=O)OCC(C(=O)OCC)(C(=O)OCC)c2ccccc2)ccc1NC(=O)c1ccc(C)cc1-c1ccc(C(F)(F)F)cc1. The van der Waals surface area contributed by atoms with E-state index in [1.54, 1.807) is 58.0 Å². The number of aryl methyl sites for hydroxylation is 1. The van der Waals surface area contributed by atoms with Gasteiger partial charge in [-0.1, -0.05) is 73.2 Å². The summed E-state index contributed by atoms with van der Waals surface area (Å²) in [7, 11) is 0. The fraction of sp³-hybridized carbons (Fsp3) is 0.293. The van der Waals surface area contributed by atoms with Crippen LogP contribution in [0.25, 0.3) is 11.1 Å². The first kappa shape index (κ1) is 40.8. The van der Waals surface area contributed by atoms with Crippen LogP contribution in [0, 0.1) is 6.92 Å². The molecule has 0 saturated heterocycles. The zero-order chi connectivity index (χ0) is 39.5. The number of alkyl halides is 3. The summed E-state index contributed by atoms with van der Waals surface area (Å²) in [4.78, 5) is 66.2. The minimum atomic E-state index is -4.53. The van der Waals surface area contributed by atoms with E-state index in [4.69, 9.17) is 18.9 Å². The number of esters is 4. The maximum absolute atomic E-state index is 13.7. The standard InChI is InChI=1S/C41H40F3NO9/c1-5-11-35(46)54-34-23-27(24-36(47)53-25-40(38(49)51-6-2,39(50)52-7-3)29-12-9-8-10-13-29)15-21-33(34)45-37(48)31-20-14-26(4)22-32(31)28-16-18-30(19-17-28)41(42,43)44/h8-10,12-23H,5-7,11,24-25H2,1-4H3,(H,45,48). The van der Waals surface area contributed by atoms with Gasteiger partial charge in [-0.3, -0.25) is 24.0 Å². The lowest BCUT2D eigenvalue weighted by Crippen LogP contribution is -2.50. The second-order valence-corrected chi connectivity index (χ2v) is 12.2. The van der Waals surface area contributed by atoms with Crippen molar-refractivity contribution in [2.24, 2.45) is 0 Å². The number of hydrogen-bond donors (Lipinski definition) is 1. The highest BCUT2D eigenvalue weighted by molar-refractivity contribution is 6.09. The average molecular weight is 748 g/mol. The first-order valence-corrected chi connectivity index (χ1v) is 17.2. The van der Waals surface area contributed by atoms with Crippen molar-refractivity contribution in [1.29, 1.82) is 0 Å². The van der Waals surface area contributed by atoms with Gasteiger partial charge in [-0.05, 0) is 79.8 Å². The Morgan fingerprint density at radius 1 is 0.704 bits per heavy atom. The van der Waals surface area contributed by atoms with Gasteiger partial charge in [-0.25, -0.2) is 0 Å². The molecule has 4 aromatic carbocycles. The molecule has 284 valence electrons. The number of hydrogen-bond acceptors (Lipinski definition) is 9. The zero-order valence-corrected chi connectivity index (χ0v) is 30.2. The molecule has 54 heavy (non-hydrogen) atoms. The van der Waals surface area contributed by atoms with Crippen LogP contribution >= 0.6 is 0 Å². The van der Waals surface area contributed by atoms with Crippen LogP contribution in [-0.4, -0.2) is 49.6 Å². The molecule has 0 heterocycles. The number of rotatable bonds is 15. The van der Waals surface area contributed by atoms with Gasteiger partial charge in [-0.15, -0.1) is 0 Å². The minimum absolute atomic E-state index is 0.0521. The van der Waals surface area contributed by atoms with Crippen molar-refractivity contribution in [2.45, 2.75) is 58.5 Å². The molecule has 0 unspecified atom stereocenters. The van der Waals surface area contributed by atoms with E-state index in [1.807, 2.05) is 0 Å².